The SMILES string of the molecule is C=C1[C@H]2C[C@@H]3C(C(=O)N(C)C)[C@H]2C[C@H]13. The lowest BCUT2D eigenvalue weighted by Gasteiger charge is -2.24. The smallest absolute Gasteiger partial charge is 0.225 e. The molecule has 0 aromatic carbocycles. The number of hydrogen-bond acceptors (Lipinski definition) is 1. The third-order valence-electron chi connectivity index (χ3n) is 4.69. The Hall–Kier alpha value is -0.790. The third kappa shape index (κ3) is 0.760. The van der Waals surface area contributed by atoms with E-state index in [1.54, 1.807) is 4.90 Å². The summed E-state index contributed by atoms with van der Waals surface area (Å²) in [5.41, 5.74) is 1.46. The first-order valence-corrected chi connectivity index (χ1v) is 5.51. The summed E-state index contributed by atoms with van der Waals surface area (Å²) in [6.07, 6.45) is 2.50. The van der Waals surface area contributed by atoms with Crippen molar-refractivity contribution in [1.82, 2.24) is 4.90 Å². The molecule has 0 aliphatic heterocycles. The van der Waals surface area contributed by atoms with Gasteiger partial charge in [0.2, 0.25) is 5.91 Å². The fraction of sp³-hybridized carbons (Fsp3) is 0.750. The molecule has 2 heteroatoms. The summed E-state index contributed by atoms with van der Waals surface area (Å²) >= 11 is 0. The highest BCUT2D eigenvalue weighted by atomic mass is 16.2. The van der Waals surface area contributed by atoms with Gasteiger partial charge in [0, 0.05) is 20.0 Å². The van der Waals surface area contributed by atoms with Gasteiger partial charge in [0.15, 0.2) is 0 Å². The highest BCUT2D eigenvalue weighted by Gasteiger charge is 2.63. The molecule has 1 amide bonds. The number of allylic oxidation sites excluding steroid dienone is 1. The van der Waals surface area contributed by atoms with E-state index in [2.05, 4.69) is 6.58 Å². The van der Waals surface area contributed by atoms with Crippen LogP contribution in [0.4, 0.5) is 0 Å². The Kier molecular flexibility index (Phi) is 1.47. The average Bonchev–Trinajstić information content (AvgIpc) is 2.81. The van der Waals surface area contributed by atoms with Gasteiger partial charge in [-0.1, -0.05) is 12.2 Å². The molecule has 4 fully saturated rings. The molecule has 4 saturated carbocycles. The summed E-state index contributed by atoms with van der Waals surface area (Å²) < 4.78 is 0. The molecule has 0 saturated heterocycles. The van der Waals surface area contributed by atoms with Gasteiger partial charge in [-0.3, -0.25) is 4.79 Å². The van der Waals surface area contributed by atoms with Gasteiger partial charge in [-0.05, 0) is 36.5 Å². The van der Waals surface area contributed by atoms with Crippen LogP contribution in [0.15, 0.2) is 12.2 Å². The van der Waals surface area contributed by atoms with Crippen LogP contribution in [0.3, 0.4) is 0 Å². The highest BCUT2D eigenvalue weighted by Crippen LogP contribution is 2.68. The van der Waals surface area contributed by atoms with Gasteiger partial charge in [0.05, 0.1) is 0 Å². The molecule has 0 unspecified atom stereocenters. The minimum atomic E-state index is 0.338. The van der Waals surface area contributed by atoms with Crippen molar-refractivity contribution >= 4 is 5.91 Å². The normalized spacial score (nSPS) is 47.9. The lowest BCUT2D eigenvalue weighted by molar-refractivity contribution is -0.134. The third-order valence-corrected chi connectivity index (χ3v) is 4.69. The molecule has 4 aliphatic rings. The molecule has 4 bridgehead atoms. The van der Waals surface area contributed by atoms with Crippen molar-refractivity contribution < 1.29 is 4.79 Å². The fourth-order valence-electron chi connectivity index (χ4n) is 4.17. The molecule has 14 heavy (non-hydrogen) atoms. The largest absolute Gasteiger partial charge is 0.349 e. The van der Waals surface area contributed by atoms with Crippen LogP contribution in [0.1, 0.15) is 12.8 Å². The Balaban J connectivity index is 1.89. The van der Waals surface area contributed by atoms with Crippen LogP contribution in [0.25, 0.3) is 0 Å². The zero-order chi connectivity index (χ0) is 10.0. The van der Waals surface area contributed by atoms with Gasteiger partial charge < -0.3 is 4.90 Å². The van der Waals surface area contributed by atoms with E-state index in [1.807, 2.05) is 14.1 Å². The summed E-state index contributed by atoms with van der Waals surface area (Å²) in [6.45, 7) is 4.17. The van der Waals surface area contributed by atoms with Gasteiger partial charge in [-0.2, -0.15) is 0 Å². The van der Waals surface area contributed by atoms with Crippen molar-refractivity contribution in [2.75, 3.05) is 14.1 Å². The first-order valence-electron chi connectivity index (χ1n) is 5.51. The van der Waals surface area contributed by atoms with Crippen molar-refractivity contribution in [2.24, 2.45) is 29.6 Å². The summed E-state index contributed by atoms with van der Waals surface area (Å²) in [6, 6.07) is 0. The van der Waals surface area contributed by atoms with E-state index in [9.17, 15) is 4.79 Å². The van der Waals surface area contributed by atoms with Gasteiger partial charge in [0.1, 0.15) is 0 Å². The minimum Gasteiger partial charge on any atom is -0.349 e. The van der Waals surface area contributed by atoms with Gasteiger partial charge in [-0.15, -0.1) is 0 Å². The Bertz CT molecular complexity index is 300. The predicted molar refractivity (Wildman–Crippen MR) is 54.5 cm³/mol. The number of carbonyl (C=O) groups is 1. The molecular formula is C12H17NO. The maximum atomic E-state index is 12.0. The van der Waals surface area contributed by atoms with Gasteiger partial charge >= 0.3 is 0 Å². The topological polar surface area (TPSA) is 20.3 Å². The zero-order valence-electron chi connectivity index (χ0n) is 8.86. The van der Waals surface area contributed by atoms with Crippen LogP contribution in [0, 0.1) is 29.6 Å². The first-order chi connectivity index (χ1) is 6.61. The second-order valence-electron chi connectivity index (χ2n) is 5.35. The Morgan fingerprint density at radius 1 is 1.29 bits per heavy atom. The summed E-state index contributed by atoms with van der Waals surface area (Å²) in [5.74, 6) is 3.38. The number of amides is 1. The van der Waals surface area contributed by atoms with E-state index in [0.29, 0.717) is 35.5 Å². The minimum absolute atomic E-state index is 0.338. The zero-order valence-corrected chi connectivity index (χ0v) is 8.86. The molecule has 4 aliphatic carbocycles. The van der Waals surface area contributed by atoms with Crippen LogP contribution in [-0.4, -0.2) is 24.9 Å². The standard InChI is InChI=1S/C12H17NO/c1-6-7-4-9-8(6)5-10(7)11(9)12(14)13(2)3/h7-11H,1,4-5H2,2-3H3/t7-,8-,9+,10+/m1/s1. The second-order valence-corrected chi connectivity index (χ2v) is 5.35. The molecular weight excluding hydrogens is 174 g/mol. The molecule has 0 heterocycles. The molecule has 0 aromatic rings. The molecule has 0 N–H and O–H groups in total. The molecule has 76 valence electrons. The molecule has 2 nitrogen and oxygen atoms in total. The number of hydrogen-bond donors (Lipinski definition) is 0. The first kappa shape index (κ1) is 8.51. The van der Waals surface area contributed by atoms with Crippen LogP contribution in [0.5, 0.6) is 0 Å². The van der Waals surface area contributed by atoms with E-state index < -0.39 is 0 Å². The molecule has 0 radical (unpaired) electrons. The summed E-state index contributed by atoms with van der Waals surface area (Å²) in [5, 5.41) is 0. The predicted octanol–water partition coefficient (Wildman–Crippen LogP) is 1.53. The van der Waals surface area contributed by atoms with E-state index in [0.717, 1.165) is 0 Å². The number of carbonyl (C=O) groups excluding carboxylic acids is 1. The van der Waals surface area contributed by atoms with Crippen LogP contribution < -0.4 is 0 Å². The lowest BCUT2D eigenvalue weighted by Crippen LogP contribution is -2.34. The van der Waals surface area contributed by atoms with Crippen LogP contribution in [0.2, 0.25) is 0 Å². The van der Waals surface area contributed by atoms with Crippen molar-refractivity contribution in [2.45, 2.75) is 12.8 Å². The summed E-state index contributed by atoms with van der Waals surface area (Å²) in [7, 11) is 3.75. The van der Waals surface area contributed by atoms with E-state index in [-0.39, 0.29) is 0 Å². The van der Waals surface area contributed by atoms with Gasteiger partial charge in [0.25, 0.3) is 0 Å². The molecule has 4 atom stereocenters. The molecule has 0 spiro atoms. The quantitative estimate of drug-likeness (QED) is 0.576. The Morgan fingerprint density at radius 3 is 2.14 bits per heavy atom. The van der Waals surface area contributed by atoms with Crippen molar-refractivity contribution in [3.8, 4) is 0 Å². The number of nitrogens with zero attached hydrogens (tertiary/aromatic N) is 1. The second kappa shape index (κ2) is 2.41. The highest BCUT2D eigenvalue weighted by molar-refractivity contribution is 5.80. The maximum Gasteiger partial charge on any atom is 0.225 e. The van der Waals surface area contributed by atoms with Gasteiger partial charge in [-0.25, -0.2) is 0 Å². The maximum absolute atomic E-state index is 12.0. The van der Waals surface area contributed by atoms with Crippen LogP contribution in [-0.2, 0) is 4.79 Å². The van der Waals surface area contributed by atoms with E-state index in [4.69, 9.17) is 0 Å². The van der Waals surface area contributed by atoms with Crippen molar-refractivity contribution in [1.29, 1.82) is 0 Å². The average molecular weight is 191 g/mol. The van der Waals surface area contributed by atoms with E-state index in [1.165, 1.54) is 18.4 Å². The number of rotatable bonds is 1. The van der Waals surface area contributed by atoms with Crippen LogP contribution >= 0.6 is 0 Å². The van der Waals surface area contributed by atoms with Crippen molar-refractivity contribution in [3.63, 3.8) is 0 Å². The van der Waals surface area contributed by atoms with E-state index >= 15 is 0 Å². The lowest BCUT2D eigenvalue weighted by atomic mass is 9.85. The van der Waals surface area contributed by atoms with Crippen molar-refractivity contribution in [3.05, 3.63) is 12.2 Å². The summed E-state index contributed by atoms with van der Waals surface area (Å²) in [4.78, 5) is 13.7. The Labute approximate surface area is 85.0 Å². The Morgan fingerprint density at radius 2 is 1.79 bits per heavy atom. The fourth-order valence-corrected chi connectivity index (χ4v) is 4.17. The molecule has 4 rings (SSSR count). The molecule has 0 aromatic heterocycles. The monoisotopic (exact) mass is 191 g/mol.